The lowest BCUT2D eigenvalue weighted by Crippen LogP contribution is -2.05. The van der Waals surface area contributed by atoms with Crippen LogP contribution in [0, 0.1) is 27.7 Å². The molecule has 0 aliphatic carbocycles. The van der Waals surface area contributed by atoms with Crippen molar-refractivity contribution in [3.63, 3.8) is 0 Å². The second-order valence-electron chi connectivity index (χ2n) is 13.4. The van der Waals surface area contributed by atoms with Crippen LogP contribution >= 0.6 is 0 Å². The summed E-state index contributed by atoms with van der Waals surface area (Å²) in [6.45, 7) is 15.4. The van der Waals surface area contributed by atoms with Gasteiger partial charge in [0.2, 0.25) is 0 Å². The number of para-hydroxylation sites is 1. The number of ether oxygens (including phenoxy) is 1. The maximum atomic E-state index is 6.76. The van der Waals surface area contributed by atoms with E-state index in [0.717, 1.165) is 59.0 Å². The summed E-state index contributed by atoms with van der Waals surface area (Å²) in [5, 5.41) is 7.57. The minimum Gasteiger partial charge on any atom is -0.457 e. The average Bonchev–Trinajstić information content (AvgIpc) is 3.57. The third-order valence-electron chi connectivity index (χ3n) is 9.49. The standard InChI is InChI=1S/C43H44N4O/c1-8-9-16-39-43(42-29(5)13-12-14-30(42)6)31(7)45-47(39)33-23-32(27(2)3)24-35(25-33)48-34-18-19-37-36-15-10-11-17-38(36)46(40(37)26-34)41-22-28(4)20-21-44-41/h10-15,17-27H,8-9,16H2,1-7H3. The Morgan fingerprint density at radius 1 is 0.729 bits per heavy atom. The number of aryl methyl sites for hydroxylation is 4. The topological polar surface area (TPSA) is 44.9 Å². The van der Waals surface area contributed by atoms with E-state index in [9.17, 15) is 0 Å². The highest BCUT2D eigenvalue weighted by Gasteiger charge is 2.22. The van der Waals surface area contributed by atoms with Gasteiger partial charge in [0.05, 0.1) is 28.1 Å². The maximum absolute atomic E-state index is 6.76. The number of benzene rings is 4. The fraction of sp³-hybridized carbons (Fsp3) is 0.256. The van der Waals surface area contributed by atoms with Crippen molar-refractivity contribution in [2.45, 2.75) is 73.6 Å². The van der Waals surface area contributed by atoms with E-state index in [-0.39, 0.29) is 0 Å². The molecule has 0 aliphatic heterocycles. The van der Waals surface area contributed by atoms with Crippen molar-refractivity contribution in [1.29, 1.82) is 0 Å². The van der Waals surface area contributed by atoms with Gasteiger partial charge in [-0.2, -0.15) is 5.10 Å². The second kappa shape index (κ2) is 12.8. The molecule has 0 unspecified atom stereocenters. The monoisotopic (exact) mass is 632 g/mol. The van der Waals surface area contributed by atoms with Gasteiger partial charge in [-0.1, -0.05) is 63.6 Å². The van der Waals surface area contributed by atoms with Gasteiger partial charge in [0.15, 0.2) is 0 Å². The molecule has 5 nitrogen and oxygen atoms in total. The first kappa shape index (κ1) is 31.4. The van der Waals surface area contributed by atoms with Gasteiger partial charge in [0, 0.05) is 34.7 Å². The molecule has 0 saturated carbocycles. The van der Waals surface area contributed by atoms with Gasteiger partial charge in [-0.15, -0.1) is 0 Å². The van der Waals surface area contributed by atoms with Gasteiger partial charge in [-0.25, -0.2) is 9.67 Å². The predicted octanol–water partition coefficient (Wildman–Crippen LogP) is 11.5. The molecule has 4 aromatic carbocycles. The van der Waals surface area contributed by atoms with Gasteiger partial charge in [-0.3, -0.25) is 4.57 Å². The number of rotatable bonds is 9. The van der Waals surface area contributed by atoms with E-state index in [1.54, 1.807) is 0 Å². The molecule has 5 heteroatoms. The van der Waals surface area contributed by atoms with Crippen LogP contribution in [0.3, 0.4) is 0 Å². The van der Waals surface area contributed by atoms with Crippen LogP contribution in [0.4, 0.5) is 0 Å². The third kappa shape index (κ3) is 5.68. The number of pyridine rings is 1. The minimum absolute atomic E-state index is 0.318. The van der Waals surface area contributed by atoms with Crippen LogP contribution in [0.15, 0.2) is 97.2 Å². The molecule has 7 rings (SSSR count). The zero-order chi connectivity index (χ0) is 33.5. The fourth-order valence-corrected chi connectivity index (χ4v) is 7.06. The van der Waals surface area contributed by atoms with Crippen LogP contribution in [-0.2, 0) is 6.42 Å². The number of nitrogens with zero attached hydrogens (tertiary/aromatic N) is 4. The molecule has 0 amide bonds. The van der Waals surface area contributed by atoms with Crippen molar-refractivity contribution < 1.29 is 4.74 Å². The summed E-state index contributed by atoms with van der Waals surface area (Å²) in [6.07, 6.45) is 5.05. The summed E-state index contributed by atoms with van der Waals surface area (Å²) in [6, 6.07) is 32.2. The molecule has 0 spiro atoms. The second-order valence-corrected chi connectivity index (χ2v) is 13.4. The van der Waals surface area contributed by atoms with E-state index in [1.165, 1.54) is 49.8 Å². The largest absolute Gasteiger partial charge is 0.457 e. The van der Waals surface area contributed by atoms with Gasteiger partial charge >= 0.3 is 0 Å². The highest BCUT2D eigenvalue weighted by molar-refractivity contribution is 6.09. The van der Waals surface area contributed by atoms with E-state index < -0.39 is 0 Å². The summed E-state index contributed by atoms with van der Waals surface area (Å²) in [7, 11) is 0. The molecular formula is C43H44N4O. The molecule has 0 saturated heterocycles. The summed E-state index contributed by atoms with van der Waals surface area (Å²) in [5.74, 6) is 2.80. The molecule has 0 bridgehead atoms. The van der Waals surface area contributed by atoms with Crippen LogP contribution in [0.25, 0.3) is 44.4 Å². The van der Waals surface area contributed by atoms with E-state index in [0.29, 0.717) is 5.92 Å². The van der Waals surface area contributed by atoms with E-state index >= 15 is 0 Å². The van der Waals surface area contributed by atoms with Crippen molar-refractivity contribution in [2.24, 2.45) is 0 Å². The fourth-order valence-electron chi connectivity index (χ4n) is 7.06. The molecule has 0 fully saturated rings. The normalized spacial score (nSPS) is 11.7. The Labute approximate surface area is 283 Å². The van der Waals surface area contributed by atoms with Gasteiger partial charge in [0.1, 0.15) is 17.3 Å². The average molecular weight is 633 g/mol. The Kier molecular flexibility index (Phi) is 8.38. The molecule has 242 valence electrons. The minimum atomic E-state index is 0.318. The lowest BCUT2D eigenvalue weighted by atomic mass is 9.92. The number of fused-ring (bicyclic) bond motifs is 3. The van der Waals surface area contributed by atoms with Gasteiger partial charge in [-0.05, 0) is 117 Å². The number of hydrogen-bond donors (Lipinski definition) is 0. The molecule has 0 N–H and O–H groups in total. The van der Waals surface area contributed by atoms with Gasteiger partial charge in [0.25, 0.3) is 0 Å². The lowest BCUT2D eigenvalue weighted by molar-refractivity contribution is 0.481. The smallest absolute Gasteiger partial charge is 0.137 e. The summed E-state index contributed by atoms with van der Waals surface area (Å²) < 4.78 is 11.2. The quantitative estimate of drug-likeness (QED) is 0.159. The highest BCUT2D eigenvalue weighted by Crippen LogP contribution is 2.38. The Morgan fingerprint density at radius 2 is 1.50 bits per heavy atom. The molecule has 48 heavy (non-hydrogen) atoms. The third-order valence-corrected chi connectivity index (χ3v) is 9.49. The van der Waals surface area contributed by atoms with Crippen LogP contribution in [0.5, 0.6) is 11.5 Å². The molecule has 0 atom stereocenters. The Hall–Kier alpha value is -5.16. The van der Waals surface area contributed by atoms with Crippen LogP contribution in [0.1, 0.15) is 73.2 Å². The van der Waals surface area contributed by atoms with Crippen molar-refractivity contribution in [3.8, 4) is 34.1 Å². The summed E-state index contributed by atoms with van der Waals surface area (Å²) in [4.78, 5) is 4.76. The van der Waals surface area contributed by atoms with Crippen molar-refractivity contribution >= 4 is 21.8 Å². The first-order chi connectivity index (χ1) is 23.2. The first-order valence-electron chi connectivity index (χ1n) is 17.2. The first-order valence-corrected chi connectivity index (χ1v) is 17.2. The molecular weight excluding hydrogens is 589 g/mol. The maximum Gasteiger partial charge on any atom is 0.137 e. The SMILES string of the molecule is CCCCc1c(-c2c(C)cccc2C)c(C)nn1-c1cc(Oc2ccc3c4ccccc4n(-c4cc(C)ccn4)c3c2)cc(C(C)C)c1. The number of aromatic nitrogens is 4. The van der Waals surface area contributed by atoms with E-state index in [2.05, 4.69) is 143 Å². The zero-order valence-corrected chi connectivity index (χ0v) is 29.1. The Morgan fingerprint density at radius 3 is 2.25 bits per heavy atom. The Bertz CT molecular complexity index is 2270. The molecule has 3 aromatic heterocycles. The van der Waals surface area contributed by atoms with Crippen LogP contribution in [0.2, 0.25) is 0 Å². The summed E-state index contributed by atoms with van der Waals surface area (Å²) in [5.41, 5.74) is 13.0. The van der Waals surface area contributed by atoms with Gasteiger partial charge < -0.3 is 4.74 Å². The van der Waals surface area contributed by atoms with Crippen molar-refractivity contribution in [3.05, 3.63) is 131 Å². The number of hydrogen-bond acceptors (Lipinski definition) is 3. The van der Waals surface area contributed by atoms with Crippen molar-refractivity contribution in [2.75, 3.05) is 0 Å². The van der Waals surface area contributed by atoms with E-state index in [1.807, 2.05) is 12.3 Å². The predicted molar refractivity (Wildman–Crippen MR) is 199 cm³/mol. The highest BCUT2D eigenvalue weighted by atomic mass is 16.5. The molecule has 3 heterocycles. The van der Waals surface area contributed by atoms with Crippen LogP contribution in [-0.4, -0.2) is 19.3 Å². The lowest BCUT2D eigenvalue weighted by Gasteiger charge is -2.16. The Balaban J connectivity index is 1.36. The zero-order valence-electron chi connectivity index (χ0n) is 29.1. The molecule has 0 radical (unpaired) electrons. The van der Waals surface area contributed by atoms with Crippen molar-refractivity contribution in [1.82, 2.24) is 19.3 Å². The molecule has 7 aromatic rings. The molecule has 0 aliphatic rings. The number of unbranched alkanes of at least 4 members (excludes halogenated alkanes) is 1. The van der Waals surface area contributed by atoms with E-state index in [4.69, 9.17) is 14.8 Å². The van der Waals surface area contributed by atoms with Crippen LogP contribution < -0.4 is 4.74 Å². The summed E-state index contributed by atoms with van der Waals surface area (Å²) >= 11 is 0.